The van der Waals surface area contributed by atoms with Crippen molar-refractivity contribution < 1.29 is 9.53 Å². The number of aliphatic imine (C=N–C) groups is 1. The first kappa shape index (κ1) is 21.0. The van der Waals surface area contributed by atoms with Crippen LogP contribution in [0.3, 0.4) is 0 Å². The van der Waals surface area contributed by atoms with Gasteiger partial charge in [-0.05, 0) is 48.2 Å². The van der Waals surface area contributed by atoms with Crippen LogP contribution in [0, 0.1) is 0 Å². The highest BCUT2D eigenvalue weighted by atomic mass is 35.5. The lowest BCUT2D eigenvalue weighted by molar-refractivity contribution is -0.114. The molecular weight excluding hydrogens is 388 g/mol. The lowest BCUT2D eigenvalue weighted by Crippen LogP contribution is -2.40. The Morgan fingerprint density at radius 2 is 2.00 bits per heavy atom. The van der Waals surface area contributed by atoms with E-state index in [4.69, 9.17) is 16.3 Å². The van der Waals surface area contributed by atoms with Gasteiger partial charge in [-0.2, -0.15) is 0 Å². The van der Waals surface area contributed by atoms with E-state index in [-0.39, 0.29) is 11.3 Å². The molecule has 7 heteroatoms. The molecule has 2 aromatic rings. The zero-order chi connectivity index (χ0) is 20.9. The predicted octanol–water partition coefficient (Wildman–Crippen LogP) is 3.70. The summed E-state index contributed by atoms with van der Waals surface area (Å²) in [6.45, 7) is 2.84. The van der Waals surface area contributed by atoms with Crippen molar-refractivity contribution in [1.82, 2.24) is 10.6 Å². The second kappa shape index (κ2) is 9.18. The molecule has 2 aromatic carbocycles. The second-order valence-electron chi connectivity index (χ2n) is 7.29. The fraction of sp³-hybridized carbons (Fsp3) is 0.364. The molecule has 1 amide bonds. The van der Waals surface area contributed by atoms with Crippen molar-refractivity contribution in [2.75, 3.05) is 26.0 Å². The maximum atomic E-state index is 11.4. The molecule has 29 heavy (non-hydrogen) atoms. The number of hydrogen-bond donors (Lipinski definition) is 3. The molecule has 154 valence electrons. The Balaban J connectivity index is 1.59. The number of anilines is 1. The summed E-state index contributed by atoms with van der Waals surface area (Å²) in [5, 5.41) is 10.3. The summed E-state index contributed by atoms with van der Waals surface area (Å²) >= 11 is 6.16. The minimum absolute atomic E-state index is 0.126. The number of nitrogens with zero attached hydrogens (tertiary/aromatic N) is 1. The van der Waals surface area contributed by atoms with E-state index in [1.54, 1.807) is 14.2 Å². The standard InChI is InChI=1S/C22H27ClN4O2/c1-15(28)27-19-11-16(7-8-20(19)29-3)13-25-21(24-2)26-14-22(9-10-22)17-5-4-6-18(23)12-17/h4-8,11-12H,9-10,13-14H2,1-3H3,(H,27,28)(H2,24,25,26). The van der Waals surface area contributed by atoms with Crippen molar-refractivity contribution in [2.24, 2.45) is 4.99 Å². The first-order valence-electron chi connectivity index (χ1n) is 9.61. The lowest BCUT2D eigenvalue weighted by Gasteiger charge is -2.19. The SMILES string of the molecule is CN=C(NCc1ccc(OC)c(NC(C)=O)c1)NCC1(c2cccc(Cl)c2)CC1. The number of hydrogen-bond acceptors (Lipinski definition) is 3. The van der Waals surface area contributed by atoms with E-state index in [0.29, 0.717) is 18.0 Å². The zero-order valence-corrected chi connectivity index (χ0v) is 17.8. The number of guanidine groups is 1. The van der Waals surface area contributed by atoms with Gasteiger partial charge in [0.05, 0.1) is 12.8 Å². The van der Waals surface area contributed by atoms with Crippen LogP contribution in [0.5, 0.6) is 5.75 Å². The number of halogens is 1. The summed E-state index contributed by atoms with van der Waals surface area (Å²) in [4.78, 5) is 15.7. The molecule has 0 radical (unpaired) electrons. The summed E-state index contributed by atoms with van der Waals surface area (Å²) in [5.41, 5.74) is 3.05. The molecule has 3 N–H and O–H groups in total. The Kier molecular flexibility index (Phi) is 6.64. The maximum absolute atomic E-state index is 11.4. The van der Waals surface area contributed by atoms with Crippen LogP contribution in [0.25, 0.3) is 0 Å². The van der Waals surface area contributed by atoms with Crippen LogP contribution in [0.1, 0.15) is 30.9 Å². The number of benzene rings is 2. The van der Waals surface area contributed by atoms with Crippen LogP contribution in [-0.4, -0.2) is 32.6 Å². The van der Waals surface area contributed by atoms with E-state index >= 15 is 0 Å². The lowest BCUT2D eigenvalue weighted by atomic mass is 9.96. The molecule has 6 nitrogen and oxygen atoms in total. The van der Waals surface area contributed by atoms with Gasteiger partial charge < -0.3 is 20.7 Å². The van der Waals surface area contributed by atoms with Gasteiger partial charge >= 0.3 is 0 Å². The van der Waals surface area contributed by atoms with E-state index in [1.807, 2.05) is 36.4 Å². The maximum Gasteiger partial charge on any atom is 0.221 e. The van der Waals surface area contributed by atoms with Crippen molar-refractivity contribution in [3.8, 4) is 5.75 Å². The molecule has 1 aliphatic rings. The second-order valence-corrected chi connectivity index (χ2v) is 7.72. The van der Waals surface area contributed by atoms with Crippen LogP contribution >= 0.6 is 11.6 Å². The van der Waals surface area contributed by atoms with Crippen molar-refractivity contribution in [2.45, 2.75) is 31.7 Å². The number of nitrogens with one attached hydrogen (secondary N) is 3. The van der Waals surface area contributed by atoms with Crippen molar-refractivity contribution >= 4 is 29.2 Å². The first-order valence-corrected chi connectivity index (χ1v) is 9.98. The van der Waals surface area contributed by atoms with Crippen molar-refractivity contribution in [1.29, 1.82) is 0 Å². The van der Waals surface area contributed by atoms with Crippen molar-refractivity contribution in [3.63, 3.8) is 0 Å². The van der Waals surface area contributed by atoms with Gasteiger partial charge in [0.15, 0.2) is 5.96 Å². The molecule has 0 spiro atoms. The fourth-order valence-corrected chi connectivity index (χ4v) is 3.54. The van der Waals surface area contributed by atoms with Crippen LogP contribution in [0.15, 0.2) is 47.5 Å². The summed E-state index contributed by atoms with van der Waals surface area (Å²) in [7, 11) is 3.34. The van der Waals surface area contributed by atoms with Crippen LogP contribution in [0.4, 0.5) is 5.69 Å². The molecule has 0 atom stereocenters. The van der Waals surface area contributed by atoms with Gasteiger partial charge in [-0.3, -0.25) is 9.79 Å². The smallest absolute Gasteiger partial charge is 0.221 e. The highest BCUT2D eigenvalue weighted by molar-refractivity contribution is 6.30. The normalized spacial score (nSPS) is 14.8. The monoisotopic (exact) mass is 414 g/mol. The van der Waals surface area contributed by atoms with Gasteiger partial charge in [-0.25, -0.2) is 0 Å². The third-order valence-corrected chi connectivity index (χ3v) is 5.38. The molecule has 1 aliphatic carbocycles. The summed E-state index contributed by atoms with van der Waals surface area (Å²) in [5.74, 6) is 1.22. The third-order valence-electron chi connectivity index (χ3n) is 5.14. The molecule has 1 fully saturated rings. The predicted molar refractivity (Wildman–Crippen MR) is 118 cm³/mol. The van der Waals surface area contributed by atoms with E-state index in [1.165, 1.54) is 12.5 Å². The largest absolute Gasteiger partial charge is 0.495 e. The fourth-order valence-electron chi connectivity index (χ4n) is 3.35. The summed E-state index contributed by atoms with van der Waals surface area (Å²) in [6, 6.07) is 13.8. The minimum Gasteiger partial charge on any atom is -0.495 e. The number of methoxy groups -OCH3 is 1. The van der Waals surface area contributed by atoms with Crippen LogP contribution < -0.4 is 20.7 Å². The van der Waals surface area contributed by atoms with Gasteiger partial charge in [0, 0.05) is 37.5 Å². The Bertz CT molecular complexity index is 909. The van der Waals surface area contributed by atoms with Crippen molar-refractivity contribution in [3.05, 3.63) is 58.6 Å². The van der Waals surface area contributed by atoms with Gasteiger partial charge in [0.2, 0.25) is 5.91 Å². The highest BCUT2D eigenvalue weighted by Gasteiger charge is 2.44. The molecule has 0 bridgehead atoms. The quantitative estimate of drug-likeness (QED) is 0.477. The number of carbonyl (C=O) groups is 1. The van der Waals surface area contributed by atoms with E-state index in [9.17, 15) is 4.79 Å². The third kappa shape index (κ3) is 5.41. The van der Waals surface area contributed by atoms with E-state index < -0.39 is 0 Å². The van der Waals surface area contributed by atoms with Gasteiger partial charge in [-0.1, -0.05) is 29.8 Å². The highest BCUT2D eigenvalue weighted by Crippen LogP contribution is 2.48. The molecule has 1 saturated carbocycles. The first-order chi connectivity index (χ1) is 14.0. The van der Waals surface area contributed by atoms with Gasteiger partial charge in [-0.15, -0.1) is 0 Å². The average molecular weight is 415 g/mol. The number of amides is 1. The van der Waals surface area contributed by atoms with Crippen LogP contribution in [-0.2, 0) is 16.8 Å². The zero-order valence-electron chi connectivity index (χ0n) is 17.0. The number of rotatable bonds is 7. The number of carbonyl (C=O) groups excluding carboxylic acids is 1. The summed E-state index contributed by atoms with van der Waals surface area (Å²) < 4.78 is 5.30. The van der Waals surface area contributed by atoms with E-state index in [2.05, 4.69) is 27.0 Å². The summed E-state index contributed by atoms with van der Waals surface area (Å²) in [6.07, 6.45) is 2.27. The van der Waals surface area contributed by atoms with E-state index in [0.717, 1.165) is 35.9 Å². The molecular formula is C22H27ClN4O2. The molecule has 0 heterocycles. The Hall–Kier alpha value is -2.73. The topological polar surface area (TPSA) is 74.8 Å². The molecule has 3 rings (SSSR count). The molecule has 0 unspecified atom stereocenters. The van der Waals surface area contributed by atoms with Crippen LogP contribution in [0.2, 0.25) is 5.02 Å². The van der Waals surface area contributed by atoms with Gasteiger partial charge in [0.25, 0.3) is 0 Å². The minimum atomic E-state index is -0.137. The molecule has 0 aliphatic heterocycles. The van der Waals surface area contributed by atoms with Gasteiger partial charge in [0.1, 0.15) is 5.75 Å². The Labute approximate surface area is 176 Å². The Morgan fingerprint density at radius 1 is 1.21 bits per heavy atom. The molecule has 0 saturated heterocycles. The average Bonchev–Trinajstić information content (AvgIpc) is 3.49. The number of ether oxygens (including phenoxy) is 1. The Morgan fingerprint density at radius 3 is 2.62 bits per heavy atom. The molecule has 0 aromatic heterocycles.